The molecule has 0 bridgehead atoms. The first-order valence-corrected chi connectivity index (χ1v) is 7.49. The number of nitrogens with zero attached hydrogens (tertiary/aromatic N) is 3. The van der Waals surface area contributed by atoms with Crippen molar-refractivity contribution in [3.63, 3.8) is 0 Å². The lowest BCUT2D eigenvalue weighted by Crippen LogP contribution is -2.04. The topological polar surface area (TPSA) is 42.7 Å². The van der Waals surface area contributed by atoms with E-state index in [4.69, 9.17) is 0 Å². The van der Waals surface area contributed by atoms with Gasteiger partial charge in [0.1, 0.15) is 4.60 Å². The molecule has 2 aromatic heterocycles. The van der Waals surface area contributed by atoms with Gasteiger partial charge in [-0.15, -0.1) is 0 Å². The summed E-state index contributed by atoms with van der Waals surface area (Å²) in [5, 5.41) is 7.93. The minimum Gasteiger partial charge on any atom is -0.378 e. The zero-order valence-electron chi connectivity index (χ0n) is 11.6. The Morgan fingerprint density at radius 3 is 2.67 bits per heavy atom. The average molecular weight is 343 g/mol. The van der Waals surface area contributed by atoms with Crippen LogP contribution in [0.2, 0.25) is 0 Å². The third kappa shape index (κ3) is 3.31. The van der Waals surface area contributed by atoms with Gasteiger partial charge in [0, 0.05) is 6.20 Å². The molecule has 0 aliphatic heterocycles. The molecule has 0 amide bonds. The van der Waals surface area contributed by atoms with Gasteiger partial charge in [0.25, 0.3) is 0 Å². The van der Waals surface area contributed by atoms with Crippen molar-refractivity contribution in [1.82, 2.24) is 14.8 Å². The van der Waals surface area contributed by atoms with Crippen LogP contribution in [0.4, 0.5) is 5.69 Å². The second-order valence-corrected chi connectivity index (χ2v) is 5.52. The van der Waals surface area contributed by atoms with E-state index in [2.05, 4.69) is 31.3 Å². The fourth-order valence-corrected chi connectivity index (χ4v) is 2.48. The lowest BCUT2D eigenvalue weighted by Gasteiger charge is -2.07. The predicted octanol–water partition coefficient (Wildman–Crippen LogP) is 3.95. The van der Waals surface area contributed by atoms with Crippen LogP contribution in [0.5, 0.6) is 0 Å². The van der Waals surface area contributed by atoms with Gasteiger partial charge in [-0.2, -0.15) is 5.10 Å². The summed E-state index contributed by atoms with van der Waals surface area (Å²) in [5.41, 5.74) is 4.03. The summed E-state index contributed by atoms with van der Waals surface area (Å²) in [6.07, 6.45) is 1.97. The molecule has 0 saturated carbocycles. The van der Waals surface area contributed by atoms with E-state index in [1.807, 2.05) is 66.3 Å². The lowest BCUT2D eigenvalue weighted by molar-refractivity contribution is 0.843. The monoisotopic (exact) mass is 342 g/mol. The Balaban J connectivity index is 1.70. The number of para-hydroxylation sites is 1. The van der Waals surface area contributed by atoms with Gasteiger partial charge in [0.15, 0.2) is 0 Å². The minimum atomic E-state index is 0.671. The first kappa shape index (κ1) is 13.8. The van der Waals surface area contributed by atoms with Crippen LogP contribution in [0.25, 0.3) is 5.69 Å². The van der Waals surface area contributed by atoms with Gasteiger partial charge in [-0.05, 0) is 53.2 Å². The second-order valence-electron chi connectivity index (χ2n) is 4.71. The molecule has 4 nitrogen and oxygen atoms in total. The van der Waals surface area contributed by atoms with E-state index < -0.39 is 0 Å². The SMILES string of the molecule is Cc1nc(Br)ccc1NCc1ccn(-c2ccccc2)n1. The standard InChI is InChI=1S/C16H15BrN4/c1-12-15(7-8-16(17)19-12)18-11-13-9-10-21(20-13)14-5-3-2-4-6-14/h2-10,18H,11H2,1H3. The first-order chi connectivity index (χ1) is 10.2. The molecule has 0 saturated heterocycles. The van der Waals surface area contributed by atoms with Crippen molar-refractivity contribution in [3.8, 4) is 5.69 Å². The molecule has 0 aliphatic carbocycles. The molecule has 1 aromatic carbocycles. The molecule has 0 radical (unpaired) electrons. The van der Waals surface area contributed by atoms with Gasteiger partial charge in [-0.25, -0.2) is 9.67 Å². The number of hydrogen-bond donors (Lipinski definition) is 1. The Bertz CT molecular complexity index is 737. The maximum Gasteiger partial charge on any atom is 0.106 e. The molecule has 1 N–H and O–H groups in total. The summed E-state index contributed by atoms with van der Waals surface area (Å²) in [5.74, 6) is 0. The molecule has 21 heavy (non-hydrogen) atoms. The molecule has 3 aromatic rings. The van der Waals surface area contributed by atoms with Gasteiger partial charge < -0.3 is 5.32 Å². The lowest BCUT2D eigenvalue weighted by atomic mass is 10.3. The van der Waals surface area contributed by atoms with Gasteiger partial charge in [-0.1, -0.05) is 18.2 Å². The van der Waals surface area contributed by atoms with Crippen LogP contribution in [0.3, 0.4) is 0 Å². The van der Waals surface area contributed by atoms with E-state index in [-0.39, 0.29) is 0 Å². The van der Waals surface area contributed by atoms with E-state index in [1.54, 1.807) is 0 Å². The second kappa shape index (κ2) is 6.10. The highest BCUT2D eigenvalue weighted by molar-refractivity contribution is 9.10. The minimum absolute atomic E-state index is 0.671. The maximum absolute atomic E-state index is 4.57. The third-order valence-corrected chi connectivity index (χ3v) is 3.62. The molecule has 0 fully saturated rings. The summed E-state index contributed by atoms with van der Waals surface area (Å²) in [7, 11) is 0. The van der Waals surface area contributed by atoms with Gasteiger partial charge in [-0.3, -0.25) is 0 Å². The molecular formula is C16H15BrN4. The van der Waals surface area contributed by atoms with Crippen LogP contribution in [0.15, 0.2) is 59.3 Å². The van der Waals surface area contributed by atoms with Crippen LogP contribution >= 0.6 is 15.9 Å². The van der Waals surface area contributed by atoms with Gasteiger partial charge in [0.2, 0.25) is 0 Å². The maximum atomic E-state index is 4.57. The van der Waals surface area contributed by atoms with Crippen molar-refractivity contribution >= 4 is 21.6 Å². The molecular weight excluding hydrogens is 328 g/mol. The van der Waals surface area contributed by atoms with Crippen molar-refractivity contribution in [2.75, 3.05) is 5.32 Å². The van der Waals surface area contributed by atoms with Crippen LogP contribution in [-0.2, 0) is 6.54 Å². The van der Waals surface area contributed by atoms with Crippen LogP contribution < -0.4 is 5.32 Å². The Hall–Kier alpha value is -2.14. The fraction of sp³-hybridized carbons (Fsp3) is 0.125. The number of anilines is 1. The number of benzene rings is 1. The smallest absolute Gasteiger partial charge is 0.106 e. The summed E-state index contributed by atoms with van der Waals surface area (Å²) in [4.78, 5) is 4.37. The molecule has 3 rings (SSSR count). The van der Waals surface area contributed by atoms with Crippen molar-refractivity contribution in [1.29, 1.82) is 0 Å². The van der Waals surface area contributed by atoms with Gasteiger partial charge >= 0.3 is 0 Å². The quantitative estimate of drug-likeness (QED) is 0.730. The zero-order valence-corrected chi connectivity index (χ0v) is 13.2. The van der Waals surface area contributed by atoms with Gasteiger partial charge in [0.05, 0.1) is 29.3 Å². The van der Waals surface area contributed by atoms with Crippen LogP contribution in [-0.4, -0.2) is 14.8 Å². The fourth-order valence-electron chi connectivity index (χ4n) is 2.08. The van der Waals surface area contributed by atoms with Crippen molar-refractivity contribution in [3.05, 3.63) is 70.7 Å². The van der Waals surface area contributed by atoms with Crippen molar-refractivity contribution in [2.45, 2.75) is 13.5 Å². The highest BCUT2D eigenvalue weighted by atomic mass is 79.9. The molecule has 106 valence electrons. The van der Waals surface area contributed by atoms with E-state index >= 15 is 0 Å². The van der Waals surface area contributed by atoms with Crippen LogP contribution in [0, 0.1) is 6.92 Å². The molecule has 0 unspecified atom stereocenters. The summed E-state index contributed by atoms with van der Waals surface area (Å²) in [6.45, 7) is 2.65. The largest absolute Gasteiger partial charge is 0.378 e. The van der Waals surface area contributed by atoms with E-state index in [9.17, 15) is 0 Å². The molecule has 5 heteroatoms. The van der Waals surface area contributed by atoms with E-state index in [1.165, 1.54) is 0 Å². The summed E-state index contributed by atoms with van der Waals surface area (Å²) in [6, 6.07) is 16.0. The zero-order chi connectivity index (χ0) is 14.7. The Morgan fingerprint density at radius 2 is 1.90 bits per heavy atom. The van der Waals surface area contributed by atoms with Crippen molar-refractivity contribution < 1.29 is 0 Å². The normalized spacial score (nSPS) is 10.6. The number of hydrogen-bond acceptors (Lipinski definition) is 3. The molecule has 0 aliphatic rings. The number of aromatic nitrogens is 3. The van der Waals surface area contributed by atoms with E-state index in [0.717, 1.165) is 27.4 Å². The Kier molecular flexibility index (Phi) is 4.01. The number of rotatable bonds is 4. The number of aryl methyl sites for hydroxylation is 1. The molecule has 2 heterocycles. The average Bonchev–Trinajstić information content (AvgIpc) is 2.96. The number of pyridine rings is 1. The molecule has 0 spiro atoms. The van der Waals surface area contributed by atoms with E-state index in [0.29, 0.717) is 6.54 Å². The predicted molar refractivity (Wildman–Crippen MR) is 87.6 cm³/mol. The highest BCUT2D eigenvalue weighted by Gasteiger charge is 2.03. The number of halogens is 1. The number of nitrogens with one attached hydrogen (secondary N) is 1. The summed E-state index contributed by atoms with van der Waals surface area (Å²) < 4.78 is 2.72. The van der Waals surface area contributed by atoms with Crippen molar-refractivity contribution in [2.24, 2.45) is 0 Å². The summed E-state index contributed by atoms with van der Waals surface area (Å²) >= 11 is 3.37. The molecule has 0 atom stereocenters. The first-order valence-electron chi connectivity index (χ1n) is 6.69. The Morgan fingerprint density at radius 1 is 1.10 bits per heavy atom. The van der Waals surface area contributed by atoms with Crippen LogP contribution in [0.1, 0.15) is 11.4 Å². The Labute approximate surface area is 132 Å². The third-order valence-electron chi connectivity index (χ3n) is 3.18. The highest BCUT2D eigenvalue weighted by Crippen LogP contribution is 2.17.